The Kier molecular flexibility index (Phi) is 3.71. The average molecular weight is 354 g/mol. The summed E-state index contributed by atoms with van der Waals surface area (Å²) in [5, 5.41) is 20.0. The lowest BCUT2D eigenvalue weighted by atomic mass is 9.93. The quantitative estimate of drug-likeness (QED) is 0.574. The number of aliphatic hydroxyl groups is 2. The number of thiazole rings is 1. The molecule has 0 aromatic carbocycles. The van der Waals surface area contributed by atoms with Crippen LogP contribution in [0, 0.1) is 11.8 Å². The van der Waals surface area contributed by atoms with E-state index in [-0.39, 0.29) is 34.7 Å². The molecule has 0 spiro atoms. The summed E-state index contributed by atoms with van der Waals surface area (Å²) in [6.07, 6.45) is 0.479. The van der Waals surface area contributed by atoms with Gasteiger partial charge in [0.1, 0.15) is 10.9 Å². The highest BCUT2D eigenvalue weighted by molar-refractivity contribution is 7.16. The summed E-state index contributed by atoms with van der Waals surface area (Å²) in [5.41, 5.74) is 5.28. The van der Waals surface area contributed by atoms with Crippen LogP contribution in [-0.4, -0.2) is 43.6 Å². The van der Waals surface area contributed by atoms with Crippen LogP contribution in [0.5, 0.6) is 0 Å². The summed E-state index contributed by atoms with van der Waals surface area (Å²) >= 11 is 0.769. The number of fused-ring (bicyclic) bond motifs is 1. The second kappa shape index (κ2) is 5.66. The number of hydrogen-bond acceptors (Lipinski definition) is 8. The first-order chi connectivity index (χ1) is 11.5. The van der Waals surface area contributed by atoms with Gasteiger partial charge in [-0.25, -0.2) is 0 Å². The minimum Gasteiger partial charge on any atom is -0.394 e. The fourth-order valence-electron chi connectivity index (χ4n) is 3.41. The molecule has 2 aliphatic rings. The molecule has 0 radical (unpaired) electrons. The van der Waals surface area contributed by atoms with E-state index in [9.17, 15) is 19.8 Å². The highest BCUT2D eigenvalue weighted by Crippen LogP contribution is 2.45. The second-order valence-electron chi connectivity index (χ2n) is 6.40. The number of aliphatic hydroxyl groups excluding tert-OH is 2. The summed E-state index contributed by atoms with van der Waals surface area (Å²) < 4.78 is 7.26. The zero-order chi connectivity index (χ0) is 17.0. The monoisotopic (exact) mass is 354 g/mol. The number of nitrogen functional groups attached to an aromatic ring is 1. The molecule has 2 aromatic heterocycles. The Bertz CT molecular complexity index is 885. The van der Waals surface area contributed by atoms with Gasteiger partial charge in [-0.05, 0) is 25.2 Å². The number of aromatic amines is 1. The fourth-order valence-corrected chi connectivity index (χ4v) is 4.25. The molecule has 10 heteroatoms. The Hall–Kier alpha value is -1.75. The van der Waals surface area contributed by atoms with E-state index in [0.717, 1.165) is 24.2 Å². The first-order valence-corrected chi connectivity index (χ1v) is 8.66. The van der Waals surface area contributed by atoms with Crippen molar-refractivity contribution in [2.45, 2.75) is 37.7 Å². The van der Waals surface area contributed by atoms with Crippen LogP contribution in [0.25, 0.3) is 10.3 Å². The van der Waals surface area contributed by atoms with Crippen molar-refractivity contribution in [1.82, 2.24) is 14.5 Å². The molecular formula is C14H18N4O5S. The Labute approximate surface area is 139 Å². The maximum absolute atomic E-state index is 12.5. The van der Waals surface area contributed by atoms with Gasteiger partial charge < -0.3 is 20.7 Å². The first kappa shape index (κ1) is 15.8. The van der Waals surface area contributed by atoms with Crippen molar-refractivity contribution in [2.24, 2.45) is 11.8 Å². The Morgan fingerprint density at radius 3 is 2.88 bits per heavy atom. The van der Waals surface area contributed by atoms with Gasteiger partial charge in [0.2, 0.25) is 5.95 Å². The third kappa shape index (κ3) is 2.46. The van der Waals surface area contributed by atoms with Crippen molar-refractivity contribution in [3.8, 4) is 0 Å². The van der Waals surface area contributed by atoms with Crippen LogP contribution in [0.3, 0.4) is 0 Å². The second-order valence-corrected chi connectivity index (χ2v) is 7.36. The number of rotatable bonds is 4. The van der Waals surface area contributed by atoms with Crippen LogP contribution < -0.4 is 16.2 Å². The molecule has 2 aromatic rings. The van der Waals surface area contributed by atoms with Gasteiger partial charge in [-0.3, -0.25) is 19.1 Å². The van der Waals surface area contributed by atoms with Crippen LogP contribution in [0.1, 0.15) is 25.5 Å². The van der Waals surface area contributed by atoms with E-state index < -0.39 is 28.9 Å². The van der Waals surface area contributed by atoms with Gasteiger partial charge in [-0.1, -0.05) is 11.3 Å². The lowest BCUT2D eigenvalue weighted by Gasteiger charge is -2.24. The molecule has 1 aliphatic carbocycles. The molecule has 130 valence electrons. The topological polar surface area (TPSA) is 143 Å². The number of ether oxygens (including phenoxy) is 1. The number of nitrogens with one attached hydrogen (secondary N) is 1. The number of nitrogens with zero attached hydrogens (tertiary/aromatic N) is 2. The van der Waals surface area contributed by atoms with Crippen LogP contribution in [0.15, 0.2) is 9.59 Å². The van der Waals surface area contributed by atoms with Crippen molar-refractivity contribution in [3.05, 3.63) is 20.0 Å². The van der Waals surface area contributed by atoms with Crippen molar-refractivity contribution < 1.29 is 14.9 Å². The molecule has 3 heterocycles. The predicted molar refractivity (Wildman–Crippen MR) is 86.7 cm³/mol. The number of hydrogen-bond donors (Lipinski definition) is 4. The molecule has 0 amide bonds. The molecule has 24 heavy (non-hydrogen) atoms. The molecule has 4 rings (SSSR count). The van der Waals surface area contributed by atoms with Crippen LogP contribution in [-0.2, 0) is 4.74 Å². The average Bonchev–Trinajstić information content (AvgIpc) is 3.22. The van der Waals surface area contributed by atoms with Gasteiger partial charge in [0.05, 0.1) is 18.8 Å². The zero-order valence-corrected chi connectivity index (χ0v) is 13.5. The van der Waals surface area contributed by atoms with Gasteiger partial charge in [-0.15, -0.1) is 0 Å². The predicted octanol–water partition coefficient (Wildman–Crippen LogP) is -0.605. The molecular weight excluding hydrogens is 336 g/mol. The van der Waals surface area contributed by atoms with Crippen LogP contribution in [0.4, 0.5) is 5.95 Å². The molecule has 2 unspecified atom stereocenters. The van der Waals surface area contributed by atoms with E-state index in [1.165, 1.54) is 4.57 Å². The van der Waals surface area contributed by atoms with Crippen LogP contribution >= 0.6 is 11.3 Å². The van der Waals surface area contributed by atoms with Crippen LogP contribution in [0.2, 0.25) is 0 Å². The standard InChI is InChI=1S/C14H18N4O5S/c15-13-16-10-9(11(21)17-13)24-14(22)18(10)12-7(3-6(4-19)23-12)8(20)5-1-2-5/h5-8,12,19-20H,1-4H2,(H3,15,16,17,21)/t6?,7-,8?,12+/m0/s1. The highest BCUT2D eigenvalue weighted by Gasteiger charge is 2.46. The van der Waals surface area contributed by atoms with Gasteiger partial charge >= 0.3 is 4.87 Å². The van der Waals surface area contributed by atoms with E-state index in [1.54, 1.807) is 0 Å². The van der Waals surface area contributed by atoms with Crippen molar-refractivity contribution in [1.29, 1.82) is 0 Å². The Morgan fingerprint density at radius 1 is 1.46 bits per heavy atom. The van der Waals surface area contributed by atoms with Crippen molar-refractivity contribution in [2.75, 3.05) is 12.3 Å². The van der Waals surface area contributed by atoms with Gasteiger partial charge in [-0.2, -0.15) is 4.98 Å². The molecule has 2 fully saturated rings. The largest absolute Gasteiger partial charge is 0.394 e. The molecule has 1 saturated heterocycles. The minimum atomic E-state index is -0.771. The van der Waals surface area contributed by atoms with Crippen molar-refractivity contribution >= 4 is 27.6 Å². The van der Waals surface area contributed by atoms with Crippen molar-refractivity contribution in [3.63, 3.8) is 0 Å². The van der Waals surface area contributed by atoms with Gasteiger partial charge in [0, 0.05) is 5.92 Å². The summed E-state index contributed by atoms with van der Waals surface area (Å²) in [7, 11) is 0. The molecule has 1 saturated carbocycles. The Balaban J connectivity index is 1.83. The zero-order valence-electron chi connectivity index (χ0n) is 12.7. The number of anilines is 1. The van der Waals surface area contributed by atoms with E-state index in [2.05, 4.69) is 9.97 Å². The van der Waals surface area contributed by atoms with Gasteiger partial charge in [0.15, 0.2) is 5.65 Å². The van der Waals surface area contributed by atoms with Gasteiger partial charge in [0.25, 0.3) is 5.56 Å². The van der Waals surface area contributed by atoms with E-state index in [1.807, 2.05) is 0 Å². The SMILES string of the molecule is Nc1nc2c(sc(=O)n2[C@@H]2OC(CO)C[C@H]2C(O)C2CC2)c(=O)[nH]1. The van der Waals surface area contributed by atoms with E-state index in [0.29, 0.717) is 6.42 Å². The smallest absolute Gasteiger partial charge is 0.311 e. The molecule has 5 N–H and O–H groups in total. The molecule has 1 aliphatic heterocycles. The summed E-state index contributed by atoms with van der Waals surface area (Å²) in [6, 6.07) is 0. The highest BCUT2D eigenvalue weighted by atomic mass is 32.1. The third-order valence-corrected chi connectivity index (χ3v) is 5.67. The maximum atomic E-state index is 12.5. The van der Waals surface area contributed by atoms with E-state index in [4.69, 9.17) is 10.5 Å². The first-order valence-electron chi connectivity index (χ1n) is 7.84. The number of nitrogens with two attached hydrogens (primary N) is 1. The molecule has 4 atom stereocenters. The summed E-state index contributed by atoms with van der Waals surface area (Å²) in [5.74, 6) is -0.233. The fraction of sp³-hybridized carbons (Fsp3) is 0.643. The Morgan fingerprint density at radius 2 is 2.21 bits per heavy atom. The number of H-pyrrole nitrogens is 1. The molecule has 0 bridgehead atoms. The lowest BCUT2D eigenvalue weighted by Crippen LogP contribution is -2.32. The lowest BCUT2D eigenvalue weighted by molar-refractivity contribution is -0.0523. The summed E-state index contributed by atoms with van der Waals surface area (Å²) in [6.45, 7) is -0.197. The minimum absolute atomic E-state index is 0.0879. The van der Waals surface area contributed by atoms with E-state index >= 15 is 0 Å². The third-order valence-electron chi connectivity index (χ3n) is 4.73. The summed E-state index contributed by atoms with van der Waals surface area (Å²) in [4.78, 5) is 30.5. The normalized spacial score (nSPS) is 28.5. The number of aromatic nitrogens is 3. The molecule has 9 nitrogen and oxygen atoms in total. The maximum Gasteiger partial charge on any atom is 0.311 e.